The van der Waals surface area contributed by atoms with Gasteiger partial charge in [0.2, 0.25) is 0 Å². The maximum Gasteiger partial charge on any atom is 0.298 e. The zero-order chi connectivity index (χ0) is 15.6. The minimum atomic E-state index is -4.49. The molecule has 0 amide bonds. The molecule has 0 saturated heterocycles. The van der Waals surface area contributed by atoms with E-state index in [1.54, 1.807) is 12.1 Å². The Morgan fingerprint density at radius 1 is 1.10 bits per heavy atom. The lowest BCUT2D eigenvalue weighted by atomic mass is 10.0. The minimum Gasteiger partial charge on any atom is -0.495 e. The Morgan fingerprint density at radius 2 is 1.67 bits per heavy atom. The van der Waals surface area contributed by atoms with E-state index in [2.05, 4.69) is 0 Å². The van der Waals surface area contributed by atoms with E-state index in [1.165, 1.54) is 31.4 Å². The van der Waals surface area contributed by atoms with Crippen molar-refractivity contribution < 1.29 is 22.5 Å². The van der Waals surface area contributed by atoms with Gasteiger partial charge >= 0.3 is 0 Å². The summed E-state index contributed by atoms with van der Waals surface area (Å²) in [5, 5.41) is 0. The van der Waals surface area contributed by atoms with Gasteiger partial charge in [0, 0.05) is 16.8 Å². The van der Waals surface area contributed by atoms with E-state index < -0.39 is 15.0 Å². The number of benzene rings is 2. The molecule has 6 nitrogen and oxygen atoms in total. The van der Waals surface area contributed by atoms with E-state index in [1.807, 2.05) is 0 Å². The van der Waals surface area contributed by atoms with Crippen molar-refractivity contribution in [2.75, 3.05) is 12.8 Å². The largest absolute Gasteiger partial charge is 0.495 e. The molecule has 0 radical (unpaired) electrons. The van der Waals surface area contributed by atoms with E-state index in [4.69, 9.17) is 10.5 Å². The van der Waals surface area contributed by atoms with Crippen molar-refractivity contribution >= 4 is 21.6 Å². The Kier molecular flexibility index (Phi) is 3.97. The second-order valence-corrected chi connectivity index (χ2v) is 5.68. The Morgan fingerprint density at radius 3 is 2.19 bits per heavy atom. The van der Waals surface area contributed by atoms with Crippen LogP contribution in [0.5, 0.6) is 5.75 Å². The second kappa shape index (κ2) is 5.55. The molecule has 0 atom stereocenters. The second-order valence-electron chi connectivity index (χ2n) is 4.29. The standard InChI is InChI=1S/C14H13NO5S/c1-20-12-7-4-10(8-13(12)21(17,18)19)14(16)9-2-5-11(15)6-3-9/h2-8H,15H2,1H3,(H,17,18,19). The third-order valence-electron chi connectivity index (χ3n) is 2.88. The molecule has 2 aromatic rings. The van der Waals surface area contributed by atoms with Gasteiger partial charge in [0.1, 0.15) is 10.6 Å². The molecule has 3 N–H and O–H groups in total. The Bertz CT molecular complexity index is 782. The number of hydrogen-bond acceptors (Lipinski definition) is 5. The van der Waals surface area contributed by atoms with Gasteiger partial charge in [0.25, 0.3) is 10.1 Å². The van der Waals surface area contributed by atoms with Gasteiger partial charge in [-0.3, -0.25) is 9.35 Å². The van der Waals surface area contributed by atoms with Gasteiger partial charge in [-0.1, -0.05) is 0 Å². The van der Waals surface area contributed by atoms with Crippen LogP contribution in [0.4, 0.5) is 5.69 Å². The number of rotatable bonds is 4. The Labute approximate surface area is 121 Å². The first kappa shape index (κ1) is 15.0. The monoisotopic (exact) mass is 307 g/mol. The zero-order valence-electron chi connectivity index (χ0n) is 11.1. The molecule has 2 rings (SSSR count). The fraction of sp³-hybridized carbons (Fsp3) is 0.0714. The number of anilines is 1. The van der Waals surface area contributed by atoms with E-state index in [0.717, 1.165) is 6.07 Å². The number of methoxy groups -OCH3 is 1. The summed E-state index contributed by atoms with van der Waals surface area (Å²) >= 11 is 0. The van der Waals surface area contributed by atoms with Crippen molar-refractivity contribution in [3.8, 4) is 5.75 Å². The quantitative estimate of drug-likeness (QED) is 0.506. The molecule has 110 valence electrons. The highest BCUT2D eigenvalue weighted by Crippen LogP contribution is 2.25. The van der Waals surface area contributed by atoms with Crippen molar-refractivity contribution in [3.05, 3.63) is 53.6 Å². The van der Waals surface area contributed by atoms with Crippen LogP contribution in [0.25, 0.3) is 0 Å². The minimum absolute atomic E-state index is 0.0358. The molecular formula is C14H13NO5S. The van der Waals surface area contributed by atoms with Crippen LogP contribution in [0.2, 0.25) is 0 Å². The average Bonchev–Trinajstić information content (AvgIpc) is 2.45. The molecule has 2 aromatic carbocycles. The molecular weight excluding hydrogens is 294 g/mol. The molecule has 0 aliphatic carbocycles. The SMILES string of the molecule is COc1ccc(C(=O)c2ccc(N)cc2)cc1S(=O)(=O)O. The molecule has 21 heavy (non-hydrogen) atoms. The number of carbonyl (C=O) groups is 1. The highest BCUT2D eigenvalue weighted by molar-refractivity contribution is 7.86. The van der Waals surface area contributed by atoms with Crippen LogP contribution < -0.4 is 10.5 Å². The van der Waals surface area contributed by atoms with Crippen LogP contribution in [0.15, 0.2) is 47.4 Å². The first-order valence-electron chi connectivity index (χ1n) is 5.88. The molecule has 0 heterocycles. The van der Waals surface area contributed by atoms with Gasteiger partial charge in [-0.05, 0) is 42.5 Å². The van der Waals surface area contributed by atoms with Crippen LogP contribution in [0.3, 0.4) is 0 Å². The van der Waals surface area contributed by atoms with Crippen molar-refractivity contribution in [2.45, 2.75) is 4.90 Å². The zero-order valence-corrected chi connectivity index (χ0v) is 11.9. The summed E-state index contributed by atoms with van der Waals surface area (Å²) in [6.07, 6.45) is 0. The van der Waals surface area contributed by atoms with Gasteiger partial charge in [0.15, 0.2) is 5.78 Å². The maximum absolute atomic E-state index is 12.3. The molecule has 0 fully saturated rings. The van der Waals surface area contributed by atoms with Crippen molar-refractivity contribution in [1.29, 1.82) is 0 Å². The van der Waals surface area contributed by atoms with Gasteiger partial charge in [-0.25, -0.2) is 0 Å². The molecule has 0 aliphatic rings. The summed E-state index contributed by atoms with van der Waals surface area (Å²) in [5.41, 5.74) is 6.53. The summed E-state index contributed by atoms with van der Waals surface area (Å²) in [5.74, 6) is -0.422. The predicted octanol–water partition coefficient (Wildman–Crippen LogP) is 1.76. The predicted molar refractivity (Wildman–Crippen MR) is 77.1 cm³/mol. The topological polar surface area (TPSA) is 107 Å². The summed E-state index contributed by atoms with van der Waals surface area (Å²) in [6.45, 7) is 0. The molecule has 0 aromatic heterocycles. The van der Waals surface area contributed by atoms with Gasteiger partial charge in [0.05, 0.1) is 7.11 Å². The molecule has 0 aliphatic heterocycles. The first-order chi connectivity index (χ1) is 9.82. The van der Waals surface area contributed by atoms with Gasteiger partial charge < -0.3 is 10.5 Å². The summed E-state index contributed by atoms with van der Waals surface area (Å²) in [6, 6.07) is 10.0. The lowest BCUT2D eigenvalue weighted by Gasteiger charge is -2.08. The van der Waals surface area contributed by atoms with E-state index in [0.29, 0.717) is 11.3 Å². The van der Waals surface area contributed by atoms with Crippen molar-refractivity contribution in [2.24, 2.45) is 0 Å². The number of hydrogen-bond donors (Lipinski definition) is 2. The molecule has 0 spiro atoms. The Hall–Kier alpha value is -2.38. The molecule has 0 bridgehead atoms. The highest BCUT2D eigenvalue weighted by Gasteiger charge is 2.19. The highest BCUT2D eigenvalue weighted by atomic mass is 32.2. The first-order valence-corrected chi connectivity index (χ1v) is 7.32. The third-order valence-corrected chi connectivity index (χ3v) is 3.75. The number of carbonyl (C=O) groups excluding carboxylic acids is 1. The number of nitrogens with two attached hydrogens (primary N) is 1. The maximum atomic E-state index is 12.3. The van der Waals surface area contributed by atoms with Crippen LogP contribution in [-0.2, 0) is 10.1 Å². The van der Waals surface area contributed by atoms with Gasteiger partial charge in [-0.2, -0.15) is 8.42 Å². The lowest BCUT2D eigenvalue weighted by molar-refractivity contribution is 0.103. The normalized spacial score (nSPS) is 11.1. The number of nitrogen functional groups attached to an aromatic ring is 1. The van der Waals surface area contributed by atoms with E-state index >= 15 is 0 Å². The average molecular weight is 307 g/mol. The fourth-order valence-electron chi connectivity index (χ4n) is 1.82. The van der Waals surface area contributed by atoms with Gasteiger partial charge in [-0.15, -0.1) is 0 Å². The Balaban J connectivity index is 2.50. The fourth-order valence-corrected chi connectivity index (χ4v) is 2.50. The summed E-state index contributed by atoms with van der Waals surface area (Å²) in [4.78, 5) is 11.8. The number of ketones is 1. The molecule has 0 saturated carbocycles. The van der Waals surface area contributed by atoms with E-state index in [9.17, 15) is 17.8 Å². The smallest absolute Gasteiger partial charge is 0.298 e. The summed E-state index contributed by atoms with van der Waals surface area (Å²) in [7, 11) is -3.22. The van der Waals surface area contributed by atoms with Crippen molar-refractivity contribution in [3.63, 3.8) is 0 Å². The third kappa shape index (κ3) is 3.21. The lowest BCUT2D eigenvalue weighted by Crippen LogP contribution is -2.06. The van der Waals surface area contributed by atoms with Crippen LogP contribution in [0, 0.1) is 0 Å². The van der Waals surface area contributed by atoms with Crippen molar-refractivity contribution in [1.82, 2.24) is 0 Å². The van der Waals surface area contributed by atoms with Crippen LogP contribution in [-0.4, -0.2) is 25.9 Å². The molecule has 7 heteroatoms. The van der Waals surface area contributed by atoms with E-state index in [-0.39, 0.29) is 17.1 Å². The van der Waals surface area contributed by atoms with Crippen LogP contribution in [0.1, 0.15) is 15.9 Å². The summed E-state index contributed by atoms with van der Waals surface area (Å²) < 4.78 is 36.7. The number of ether oxygens (including phenoxy) is 1. The molecule has 0 unspecified atom stereocenters. The van der Waals surface area contributed by atoms with Crippen LogP contribution >= 0.6 is 0 Å².